The second-order valence-electron chi connectivity index (χ2n) is 7.84. The third kappa shape index (κ3) is 4.62. The van der Waals surface area contributed by atoms with E-state index in [0.717, 1.165) is 0 Å². The molecule has 0 spiro atoms. The third-order valence-corrected chi connectivity index (χ3v) is 8.02. The molecule has 10 heteroatoms. The fraction of sp³-hybridized carbons (Fsp3) is 0.200. The van der Waals surface area contributed by atoms with E-state index >= 15 is 0 Å². The first kappa shape index (κ1) is 24.7. The highest BCUT2D eigenvalue weighted by atomic mass is 35.5. The van der Waals surface area contributed by atoms with E-state index in [0.29, 0.717) is 33.1 Å². The van der Waals surface area contributed by atoms with E-state index in [1.54, 1.807) is 68.6 Å². The second kappa shape index (κ2) is 9.69. The predicted molar refractivity (Wildman–Crippen MR) is 135 cm³/mol. The summed E-state index contributed by atoms with van der Waals surface area (Å²) in [6.45, 7) is 1.68. The van der Waals surface area contributed by atoms with E-state index in [2.05, 4.69) is 0 Å². The van der Waals surface area contributed by atoms with Crippen LogP contribution in [0.5, 0.6) is 11.5 Å². The van der Waals surface area contributed by atoms with E-state index in [9.17, 15) is 13.2 Å². The molecule has 0 fully saturated rings. The van der Waals surface area contributed by atoms with Crippen molar-refractivity contribution < 1.29 is 17.9 Å². The number of aromatic nitrogens is 2. The van der Waals surface area contributed by atoms with Gasteiger partial charge in [0, 0.05) is 12.1 Å². The number of nitrogens with zero attached hydrogens (tertiary/aromatic N) is 3. The maximum atomic E-state index is 13.6. The number of sulfonamides is 1. The Bertz CT molecular complexity index is 1530. The van der Waals surface area contributed by atoms with Crippen molar-refractivity contribution in [1.82, 2.24) is 13.9 Å². The van der Waals surface area contributed by atoms with Crippen LogP contribution in [0.15, 0.2) is 76.4 Å². The number of fused-ring (bicyclic) bond motifs is 1. The van der Waals surface area contributed by atoms with Crippen LogP contribution in [0.1, 0.15) is 18.8 Å². The first-order valence-corrected chi connectivity index (χ1v) is 12.5. The molecule has 0 aliphatic heterocycles. The Labute approximate surface area is 208 Å². The van der Waals surface area contributed by atoms with Crippen LogP contribution < -0.4 is 15.0 Å². The van der Waals surface area contributed by atoms with Crippen LogP contribution in [0.25, 0.3) is 16.6 Å². The predicted octanol–water partition coefficient (Wildman–Crippen LogP) is 4.44. The van der Waals surface area contributed by atoms with Gasteiger partial charge in [-0.2, -0.15) is 4.31 Å². The van der Waals surface area contributed by atoms with Gasteiger partial charge in [0.15, 0.2) is 0 Å². The van der Waals surface area contributed by atoms with Crippen LogP contribution in [-0.4, -0.2) is 43.5 Å². The minimum absolute atomic E-state index is 0.0924. The lowest BCUT2D eigenvalue weighted by Gasteiger charge is -2.26. The molecule has 0 aliphatic rings. The summed E-state index contributed by atoms with van der Waals surface area (Å²) in [5, 5.41) is 0.784. The molecular formula is C25H24ClN3O5S. The summed E-state index contributed by atoms with van der Waals surface area (Å²) in [6, 6.07) is 17.0. The highest BCUT2D eigenvalue weighted by Crippen LogP contribution is 2.28. The Hall–Kier alpha value is -3.40. The van der Waals surface area contributed by atoms with E-state index in [1.807, 2.05) is 0 Å². The standard InChI is InChI=1S/C25H24ClN3O5S/c1-16(28(2)35(31,32)21-12-10-20(34-4)11-13-21)24-27-23-15-17(26)5-14-22(23)25(30)29(24)18-6-8-19(33-3)9-7-18/h5-16H,1-4H3. The van der Waals surface area contributed by atoms with Crippen molar-refractivity contribution >= 4 is 32.5 Å². The van der Waals surface area contributed by atoms with E-state index in [1.165, 1.54) is 35.2 Å². The summed E-state index contributed by atoms with van der Waals surface area (Å²) in [5.41, 5.74) is 0.565. The number of hydrogen-bond donors (Lipinski definition) is 0. The normalized spacial score (nSPS) is 12.6. The van der Waals surface area contributed by atoms with Gasteiger partial charge in [0.2, 0.25) is 10.0 Å². The quantitative estimate of drug-likeness (QED) is 0.363. The van der Waals surface area contributed by atoms with Crippen LogP contribution in [0.2, 0.25) is 5.02 Å². The molecule has 0 radical (unpaired) electrons. The molecule has 1 unspecified atom stereocenters. The largest absolute Gasteiger partial charge is 0.497 e. The van der Waals surface area contributed by atoms with Gasteiger partial charge in [-0.1, -0.05) is 11.6 Å². The Balaban J connectivity index is 1.89. The van der Waals surface area contributed by atoms with Gasteiger partial charge in [-0.3, -0.25) is 9.36 Å². The van der Waals surface area contributed by atoms with E-state index in [-0.39, 0.29) is 16.3 Å². The smallest absolute Gasteiger partial charge is 0.266 e. The first-order valence-electron chi connectivity index (χ1n) is 10.7. The van der Waals surface area contributed by atoms with Crippen molar-refractivity contribution in [3.63, 3.8) is 0 Å². The van der Waals surface area contributed by atoms with Crippen LogP contribution in [-0.2, 0) is 10.0 Å². The molecule has 0 N–H and O–H groups in total. The van der Waals surface area contributed by atoms with Gasteiger partial charge in [-0.15, -0.1) is 0 Å². The Morgan fingerprint density at radius 1 is 0.943 bits per heavy atom. The fourth-order valence-corrected chi connectivity index (χ4v) is 5.21. The molecule has 4 aromatic rings. The number of ether oxygens (including phenoxy) is 2. The highest BCUT2D eigenvalue weighted by molar-refractivity contribution is 7.89. The molecule has 182 valence electrons. The Morgan fingerprint density at radius 2 is 1.51 bits per heavy atom. The number of halogens is 1. The third-order valence-electron chi connectivity index (χ3n) is 5.84. The van der Waals surface area contributed by atoms with Crippen molar-refractivity contribution in [3.8, 4) is 17.2 Å². The molecule has 0 saturated carbocycles. The second-order valence-corrected chi connectivity index (χ2v) is 10.3. The molecule has 1 atom stereocenters. The highest BCUT2D eigenvalue weighted by Gasteiger charge is 2.30. The summed E-state index contributed by atoms with van der Waals surface area (Å²) in [4.78, 5) is 18.4. The van der Waals surface area contributed by atoms with Gasteiger partial charge in [0.25, 0.3) is 5.56 Å². The monoisotopic (exact) mass is 513 g/mol. The number of rotatable bonds is 7. The SMILES string of the molecule is COc1ccc(-n2c(C(C)N(C)S(=O)(=O)c3ccc(OC)cc3)nc3cc(Cl)ccc3c2=O)cc1. The summed E-state index contributed by atoms with van der Waals surface area (Å²) in [6.07, 6.45) is 0. The zero-order chi connectivity index (χ0) is 25.3. The van der Waals surface area contributed by atoms with Crippen LogP contribution in [0.3, 0.4) is 0 Å². The molecule has 0 saturated heterocycles. The lowest BCUT2D eigenvalue weighted by molar-refractivity contribution is 0.378. The van der Waals surface area contributed by atoms with Crippen LogP contribution in [0, 0.1) is 0 Å². The van der Waals surface area contributed by atoms with Gasteiger partial charge < -0.3 is 9.47 Å². The van der Waals surface area contributed by atoms with Crippen molar-refractivity contribution in [2.75, 3.05) is 21.3 Å². The Morgan fingerprint density at radius 3 is 2.09 bits per heavy atom. The lowest BCUT2D eigenvalue weighted by atomic mass is 10.2. The molecule has 4 rings (SSSR count). The number of hydrogen-bond acceptors (Lipinski definition) is 6. The maximum absolute atomic E-state index is 13.6. The molecule has 0 bridgehead atoms. The van der Waals surface area contributed by atoms with Crippen molar-refractivity contribution in [3.05, 3.63) is 87.9 Å². The minimum Gasteiger partial charge on any atom is -0.497 e. The van der Waals surface area contributed by atoms with Crippen LogP contribution in [0.4, 0.5) is 0 Å². The average molecular weight is 514 g/mol. The molecule has 8 nitrogen and oxygen atoms in total. The summed E-state index contributed by atoms with van der Waals surface area (Å²) < 4.78 is 39.8. The summed E-state index contributed by atoms with van der Waals surface area (Å²) in [7, 11) is 0.595. The molecule has 3 aromatic carbocycles. The molecule has 0 aliphatic carbocycles. The average Bonchev–Trinajstić information content (AvgIpc) is 2.87. The number of methoxy groups -OCH3 is 2. The van der Waals surface area contributed by atoms with E-state index in [4.69, 9.17) is 26.1 Å². The van der Waals surface area contributed by atoms with Gasteiger partial charge in [0.1, 0.15) is 17.3 Å². The van der Waals surface area contributed by atoms with Crippen molar-refractivity contribution in [2.45, 2.75) is 17.9 Å². The summed E-state index contributed by atoms with van der Waals surface area (Å²) in [5.74, 6) is 1.41. The molecule has 35 heavy (non-hydrogen) atoms. The zero-order valence-corrected chi connectivity index (χ0v) is 21.2. The molecule has 0 amide bonds. The number of benzene rings is 3. The first-order chi connectivity index (χ1) is 16.7. The van der Waals surface area contributed by atoms with Crippen molar-refractivity contribution in [2.24, 2.45) is 0 Å². The topological polar surface area (TPSA) is 90.7 Å². The minimum atomic E-state index is -3.92. The zero-order valence-electron chi connectivity index (χ0n) is 19.6. The maximum Gasteiger partial charge on any atom is 0.266 e. The van der Waals surface area contributed by atoms with Crippen molar-refractivity contribution in [1.29, 1.82) is 0 Å². The van der Waals surface area contributed by atoms with Gasteiger partial charge in [-0.05, 0) is 73.7 Å². The lowest BCUT2D eigenvalue weighted by Crippen LogP contribution is -2.34. The Kier molecular flexibility index (Phi) is 6.84. The fourth-order valence-electron chi connectivity index (χ4n) is 3.72. The molecule has 1 aromatic heterocycles. The van der Waals surface area contributed by atoms with Crippen LogP contribution >= 0.6 is 11.6 Å². The van der Waals surface area contributed by atoms with E-state index < -0.39 is 16.1 Å². The molecule has 1 heterocycles. The van der Waals surface area contributed by atoms with Gasteiger partial charge in [0.05, 0.1) is 41.7 Å². The van der Waals surface area contributed by atoms with Gasteiger partial charge in [-0.25, -0.2) is 13.4 Å². The summed E-state index contributed by atoms with van der Waals surface area (Å²) >= 11 is 6.15. The molecular weight excluding hydrogens is 490 g/mol. The van der Waals surface area contributed by atoms with Gasteiger partial charge >= 0.3 is 0 Å².